The van der Waals surface area contributed by atoms with Crippen LogP contribution in [0.25, 0.3) is 0 Å². The van der Waals surface area contributed by atoms with Crippen LogP contribution in [0.3, 0.4) is 0 Å². The van der Waals surface area contributed by atoms with Crippen LogP contribution >= 0.6 is 0 Å². The van der Waals surface area contributed by atoms with Crippen molar-refractivity contribution in [2.75, 3.05) is 43.5 Å². The molecule has 0 spiro atoms. The first-order chi connectivity index (χ1) is 20.2. The van der Waals surface area contributed by atoms with E-state index in [-0.39, 0.29) is 5.75 Å². The zero-order chi connectivity index (χ0) is 28.0. The maximum atomic E-state index is 10.0. The number of nitrogens with one attached hydrogen (secondary N) is 3. The number of phenolic OH excluding ortho intramolecular Hbond substituents is 1. The van der Waals surface area contributed by atoms with Crippen molar-refractivity contribution in [3.05, 3.63) is 41.6 Å². The van der Waals surface area contributed by atoms with Gasteiger partial charge < -0.3 is 30.7 Å². The molecule has 3 heterocycles. The fraction of sp³-hybridized carbons (Fsp3) is 0.656. The number of benzene rings is 1. The molecule has 1 aromatic carbocycles. The number of aromatic nitrogens is 2. The lowest BCUT2D eigenvalue weighted by Gasteiger charge is -2.49. The molecule has 2 bridgehead atoms. The summed E-state index contributed by atoms with van der Waals surface area (Å²) in [7, 11) is 0. The van der Waals surface area contributed by atoms with Crippen LogP contribution in [-0.4, -0.2) is 70.9 Å². The zero-order valence-electron chi connectivity index (χ0n) is 24.1. The highest BCUT2D eigenvalue weighted by atomic mass is 16.5. The number of hydrogen-bond acceptors (Lipinski definition) is 9. The van der Waals surface area contributed by atoms with Gasteiger partial charge in [0.1, 0.15) is 23.2 Å². The van der Waals surface area contributed by atoms with E-state index in [1.165, 1.54) is 70.9 Å². The summed E-state index contributed by atoms with van der Waals surface area (Å²) in [5.41, 5.74) is 1.23. The minimum Gasteiger partial charge on any atom is -0.508 e. The SMILES string of the molecule is N#Cc1cnc(NCc2ccccc2O)nc1NCC1C[C@H]2CCC[C@@H](C1)C2NC1CCN(C2CCOCC2)CC1. The van der Waals surface area contributed by atoms with E-state index in [4.69, 9.17) is 4.74 Å². The molecule has 0 amide bonds. The van der Waals surface area contributed by atoms with Crippen molar-refractivity contribution in [1.82, 2.24) is 20.2 Å². The highest BCUT2D eigenvalue weighted by Gasteiger charge is 2.41. The Labute approximate surface area is 244 Å². The van der Waals surface area contributed by atoms with Gasteiger partial charge in [-0.3, -0.25) is 0 Å². The number of para-hydroxylation sites is 1. The smallest absolute Gasteiger partial charge is 0.224 e. The predicted octanol–water partition coefficient (Wildman–Crippen LogP) is 4.51. The number of ether oxygens (including phenoxy) is 1. The van der Waals surface area contributed by atoms with Crippen LogP contribution < -0.4 is 16.0 Å². The Bertz CT molecular complexity index is 1170. The van der Waals surface area contributed by atoms with Crippen molar-refractivity contribution in [2.24, 2.45) is 17.8 Å². The van der Waals surface area contributed by atoms with Gasteiger partial charge in [-0.15, -0.1) is 0 Å². The summed E-state index contributed by atoms with van der Waals surface area (Å²) in [5.74, 6) is 3.33. The number of fused-ring (bicyclic) bond motifs is 2. The van der Waals surface area contributed by atoms with Crippen molar-refractivity contribution >= 4 is 11.8 Å². The largest absolute Gasteiger partial charge is 0.508 e. The molecule has 1 aromatic heterocycles. The third-order valence-electron chi connectivity index (χ3n) is 10.00. The molecule has 2 aliphatic heterocycles. The molecule has 4 atom stereocenters. The predicted molar refractivity (Wildman–Crippen MR) is 160 cm³/mol. The third kappa shape index (κ3) is 6.94. The van der Waals surface area contributed by atoms with E-state index in [1.807, 2.05) is 12.1 Å². The number of piperidine rings is 1. The number of hydrogen-bond donors (Lipinski definition) is 4. The lowest BCUT2D eigenvalue weighted by atomic mass is 9.64. The van der Waals surface area contributed by atoms with Crippen LogP contribution in [0.1, 0.15) is 68.9 Å². The van der Waals surface area contributed by atoms with E-state index in [2.05, 4.69) is 36.9 Å². The molecule has 2 aromatic rings. The summed E-state index contributed by atoms with van der Waals surface area (Å²) < 4.78 is 5.58. The van der Waals surface area contributed by atoms with Crippen molar-refractivity contribution in [1.29, 1.82) is 5.26 Å². The van der Waals surface area contributed by atoms with Crippen molar-refractivity contribution in [2.45, 2.75) is 82.5 Å². The first-order valence-corrected chi connectivity index (χ1v) is 15.8. The number of nitrogens with zero attached hydrogens (tertiary/aromatic N) is 4. The van der Waals surface area contributed by atoms with Crippen molar-refractivity contribution in [3.8, 4) is 11.8 Å². The van der Waals surface area contributed by atoms with Gasteiger partial charge in [-0.25, -0.2) is 4.98 Å². The van der Waals surface area contributed by atoms with E-state index in [0.29, 0.717) is 41.9 Å². The molecule has 0 radical (unpaired) electrons. The van der Waals surface area contributed by atoms with Crippen LogP contribution in [0.4, 0.5) is 11.8 Å². The van der Waals surface area contributed by atoms with Crippen LogP contribution in [-0.2, 0) is 11.3 Å². The van der Waals surface area contributed by atoms with Gasteiger partial charge >= 0.3 is 0 Å². The van der Waals surface area contributed by atoms with Gasteiger partial charge in [0, 0.05) is 50.0 Å². The molecule has 2 unspecified atom stereocenters. The molecule has 2 aliphatic carbocycles. The van der Waals surface area contributed by atoms with Crippen LogP contribution in [0.5, 0.6) is 5.75 Å². The molecule has 41 heavy (non-hydrogen) atoms. The summed E-state index contributed by atoms with van der Waals surface area (Å²) in [6.45, 7) is 5.54. The molecule has 9 nitrogen and oxygen atoms in total. The van der Waals surface area contributed by atoms with Crippen LogP contribution in [0.2, 0.25) is 0 Å². The molecule has 2 saturated carbocycles. The van der Waals surface area contributed by atoms with Gasteiger partial charge in [-0.05, 0) is 88.3 Å². The lowest BCUT2D eigenvalue weighted by Crippen LogP contribution is -2.56. The Morgan fingerprint density at radius 3 is 2.49 bits per heavy atom. The summed E-state index contributed by atoms with van der Waals surface area (Å²) in [5, 5.41) is 30.6. The number of aromatic hydroxyl groups is 1. The third-order valence-corrected chi connectivity index (χ3v) is 10.00. The van der Waals surface area contributed by atoms with Gasteiger partial charge in [0.05, 0.1) is 6.20 Å². The minimum absolute atomic E-state index is 0.239. The highest BCUT2D eigenvalue weighted by molar-refractivity contribution is 5.53. The Morgan fingerprint density at radius 2 is 1.76 bits per heavy atom. The van der Waals surface area contributed by atoms with Crippen LogP contribution in [0.15, 0.2) is 30.5 Å². The topological polar surface area (TPSA) is 118 Å². The number of nitriles is 1. The van der Waals surface area contributed by atoms with Gasteiger partial charge in [0.2, 0.25) is 5.95 Å². The minimum atomic E-state index is 0.239. The molecule has 220 valence electrons. The molecular weight excluding hydrogens is 514 g/mol. The van der Waals surface area contributed by atoms with E-state index >= 15 is 0 Å². The Hall–Kier alpha value is -2.93. The normalized spacial score (nSPS) is 27.7. The highest BCUT2D eigenvalue weighted by Crippen LogP contribution is 2.43. The quantitative estimate of drug-likeness (QED) is 0.352. The molecule has 9 heteroatoms. The monoisotopic (exact) mass is 559 g/mol. The second-order valence-electron chi connectivity index (χ2n) is 12.6. The molecule has 4 N–H and O–H groups in total. The molecule has 4 fully saturated rings. The fourth-order valence-corrected chi connectivity index (χ4v) is 7.82. The second kappa shape index (κ2) is 13.4. The van der Waals surface area contributed by atoms with Gasteiger partial charge in [0.25, 0.3) is 0 Å². The fourth-order valence-electron chi connectivity index (χ4n) is 7.82. The zero-order valence-corrected chi connectivity index (χ0v) is 24.1. The van der Waals surface area contributed by atoms with Crippen molar-refractivity contribution in [3.63, 3.8) is 0 Å². The molecular formula is C32H45N7O2. The average molecular weight is 560 g/mol. The first kappa shape index (κ1) is 28.2. The summed E-state index contributed by atoms with van der Waals surface area (Å²) in [6, 6.07) is 11.5. The maximum Gasteiger partial charge on any atom is 0.224 e. The second-order valence-corrected chi connectivity index (χ2v) is 12.6. The average Bonchev–Trinajstić information content (AvgIpc) is 3.00. The lowest BCUT2D eigenvalue weighted by molar-refractivity contribution is 0.0185. The number of anilines is 2. The molecule has 6 rings (SSSR count). The Kier molecular flexibility index (Phi) is 9.19. The number of likely N-dealkylation sites (tertiary alicyclic amines) is 1. The van der Waals surface area contributed by atoms with E-state index in [9.17, 15) is 10.4 Å². The van der Waals surface area contributed by atoms with E-state index in [0.717, 1.165) is 43.2 Å². The number of phenols is 1. The standard InChI is InChI=1S/C32H45N7O2/c33-18-26-21-36-32(35-20-25-4-1-2-7-29(25)40)38-31(26)34-19-22-16-23-5-3-6-24(17-22)30(23)37-27-8-12-39(13-9-27)28-10-14-41-15-11-28/h1-2,4,7,21-24,27-28,30,37,40H,3,5-6,8-17,19-20H2,(H2,34,35,36,38)/t22?,23-,24+,30?. The van der Waals surface area contributed by atoms with E-state index < -0.39 is 0 Å². The Morgan fingerprint density at radius 1 is 1.00 bits per heavy atom. The summed E-state index contributed by atoms with van der Waals surface area (Å²) >= 11 is 0. The van der Waals surface area contributed by atoms with E-state index in [1.54, 1.807) is 18.3 Å². The van der Waals surface area contributed by atoms with Gasteiger partial charge in [-0.1, -0.05) is 24.6 Å². The maximum absolute atomic E-state index is 10.0. The molecule has 2 saturated heterocycles. The Balaban J connectivity index is 1.01. The molecule has 4 aliphatic rings. The van der Waals surface area contributed by atoms with Gasteiger partial charge in [-0.2, -0.15) is 10.2 Å². The summed E-state index contributed by atoms with van der Waals surface area (Å²) in [6.07, 6.45) is 13.0. The first-order valence-electron chi connectivity index (χ1n) is 15.8. The summed E-state index contributed by atoms with van der Waals surface area (Å²) in [4.78, 5) is 11.6. The number of rotatable bonds is 9. The van der Waals surface area contributed by atoms with Crippen LogP contribution in [0, 0.1) is 29.1 Å². The van der Waals surface area contributed by atoms with Crippen molar-refractivity contribution < 1.29 is 9.84 Å². The van der Waals surface area contributed by atoms with Gasteiger partial charge in [0.15, 0.2) is 0 Å².